The van der Waals surface area contributed by atoms with Crippen LogP contribution in [0.15, 0.2) is 52.1 Å². The molecule has 0 bridgehead atoms. The molecule has 1 heterocycles. The molecule has 26 heavy (non-hydrogen) atoms. The summed E-state index contributed by atoms with van der Waals surface area (Å²) in [5.74, 6) is 0.351. The standard InChI is InChI=1S/C18H15Cl2N3O2S/c1-11-7-8-13(19)17(16(11)20)21-14(24)10-26-18-23-22-15(25-18)9-12-5-3-2-4-6-12/h2-8H,9-10H2,1H3,(H,21,24). The molecule has 0 aliphatic carbocycles. The van der Waals surface area contributed by atoms with Crippen LogP contribution in [0.5, 0.6) is 0 Å². The van der Waals surface area contributed by atoms with Gasteiger partial charge in [-0.3, -0.25) is 4.79 Å². The third kappa shape index (κ3) is 4.78. The number of aromatic nitrogens is 2. The van der Waals surface area contributed by atoms with Crippen LogP contribution in [-0.2, 0) is 11.2 Å². The molecule has 2 aromatic carbocycles. The molecule has 0 spiro atoms. The maximum atomic E-state index is 12.2. The van der Waals surface area contributed by atoms with Gasteiger partial charge in [-0.1, -0.05) is 71.4 Å². The summed E-state index contributed by atoms with van der Waals surface area (Å²) in [6.45, 7) is 1.84. The van der Waals surface area contributed by atoms with Gasteiger partial charge in [0, 0.05) is 0 Å². The third-order valence-corrected chi connectivity index (χ3v) is 5.14. The number of aryl methyl sites for hydroxylation is 1. The van der Waals surface area contributed by atoms with Gasteiger partial charge in [-0.25, -0.2) is 0 Å². The number of nitrogens with one attached hydrogen (secondary N) is 1. The first-order chi connectivity index (χ1) is 12.5. The molecule has 134 valence electrons. The van der Waals surface area contributed by atoms with Gasteiger partial charge in [0.2, 0.25) is 11.8 Å². The molecule has 1 aromatic heterocycles. The highest BCUT2D eigenvalue weighted by Gasteiger charge is 2.14. The summed E-state index contributed by atoms with van der Waals surface area (Å²) in [4.78, 5) is 12.2. The molecule has 1 N–H and O–H groups in total. The fraction of sp³-hybridized carbons (Fsp3) is 0.167. The van der Waals surface area contributed by atoms with Crippen molar-refractivity contribution in [3.05, 3.63) is 69.5 Å². The van der Waals surface area contributed by atoms with Crippen molar-refractivity contribution in [3.8, 4) is 0 Å². The first-order valence-corrected chi connectivity index (χ1v) is 9.50. The third-order valence-electron chi connectivity index (χ3n) is 3.52. The molecular formula is C18H15Cl2N3O2S. The Hall–Kier alpha value is -2.02. The maximum Gasteiger partial charge on any atom is 0.277 e. The van der Waals surface area contributed by atoms with Gasteiger partial charge in [0.15, 0.2) is 0 Å². The predicted octanol–water partition coefficient (Wildman–Crippen LogP) is 5.01. The Bertz CT molecular complexity index is 916. The second kappa shape index (κ2) is 8.58. The van der Waals surface area contributed by atoms with E-state index < -0.39 is 0 Å². The quantitative estimate of drug-likeness (QED) is 0.581. The molecule has 0 radical (unpaired) electrons. The molecule has 1 amide bonds. The number of thioether (sulfide) groups is 1. The minimum Gasteiger partial charge on any atom is -0.416 e. The topological polar surface area (TPSA) is 68.0 Å². The number of halogens is 2. The van der Waals surface area contributed by atoms with Crippen molar-refractivity contribution < 1.29 is 9.21 Å². The lowest BCUT2D eigenvalue weighted by Crippen LogP contribution is -2.15. The summed E-state index contributed by atoms with van der Waals surface area (Å²) >= 11 is 13.4. The van der Waals surface area contributed by atoms with Crippen LogP contribution in [0.3, 0.4) is 0 Å². The van der Waals surface area contributed by atoms with Crippen LogP contribution in [0, 0.1) is 6.92 Å². The fourth-order valence-corrected chi connectivity index (χ4v) is 3.26. The number of benzene rings is 2. The molecule has 0 fully saturated rings. The Balaban J connectivity index is 1.56. The molecule has 0 unspecified atom stereocenters. The van der Waals surface area contributed by atoms with Gasteiger partial charge in [-0.05, 0) is 24.1 Å². The Morgan fingerprint density at radius 1 is 1.15 bits per heavy atom. The van der Waals surface area contributed by atoms with Gasteiger partial charge in [-0.15, -0.1) is 10.2 Å². The van der Waals surface area contributed by atoms with E-state index in [-0.39, 0.29) is 11.7 Å². The lowest BCUT2D eigenvalue weighted by molar-refractivity contribution is -0.113. The smallest absolute Gasteiger partial charge is 0.277 e. The Kier molecular flexibility index (Phi) is 6.19. The van der Waals surface area contributed by atoms with Crippen molar-refractivity contribution in [1.82, 2.24) is 10.2 Å². The summed E-state index contributed by atoms with van der Waals surface area (Å²) in [6, 6.07) is 13.3. The average Bonchev–Trinajstić information content (AvgIpc) is 3.08. The van der Waals surface area contributed by atoms with Crippen molar-refractivity contribution in [3.63, 3.8) is 0 Å². The number of nitrogens with zero attached hydrogens (tertiary/aromatic N) is 2. The normalized spacial score (nSPS) is 10.7. The summed E-state index contributed by atoms with van der Waals surface area (Å²) in [6.07, 6.45) is 0.551. The molecule has 0 saturated carbocycles. The van der Waals surface area contributed by atoms with Crippen molar-refractivity contribution in [1.29, 1.82) is 0 Å². The number of carbonyl (C=O) groups excluding carboxylic acids is 1. The van der Waals surface area contributed by atoms with E-state index in [1.807, 2.05) is 37.3 Å². The van der Waals surface area contributed by atoms with E-state index in [9.17, 15) is 4.79 Å². The van der Waals surface area contributed by atoms with E-state index in [4.69, 9.17) is 27.6 Å². The highest BCUT2D eigenvalue weighted by atomic mass is 35.5. The first-order valence-electron chi connectivity index (χ1n) is 7.76. The lowest BCUT2D eigenvalue weighted by atomic mass is 10.2. The van der Waals surface area contributed by atoms with E-state index in [1.54, 1.807) is 12.1 Å². The maximum absolute atomic E-state index is 12.2. The van der Waals surface area contributed by atoms with Crippen molar-refractivity contribution in [2.45, 2.75) is 18.6 Å². The van der Waals surface area contributed by atoms with E-state index >= 15 is 0 Å². The van der Waals surface area contributed by atoms with Gasteiger partial charge in [0.1, 0.15) is 0 Å². The number of hydrogen-bond donors (Lipinski definition) is 1. The molecular weight excluding hydrogens is 393 g/mol. The SMILES string of the molecule is Cc1ccc(Cl)c(NC(=O)CSc2nnc(Cc3ccccc3)o2)c1Cl. The largest absolute Gasteiger partial charge is 0.416 e. The van der Waals surface area contributed by atoms with Gasteiger partial charge in [0.05, 0.1) is 27.9 Å². The van der Waals surface area contributed by atoms with Crippen LogP contribution in [0.1, 0.15) is 17.0 Å². The van der Waals surface area contributed by atoms with Gasteiger partial charge < -0.3 is 9.73 Å². The zero-order chi connectivity index (χ0) is 18.5. The highest BCUT2D eigenvalue weighted by molar-refractivity contribution is 7.99. The van der Waals surface area contributed by atoms with Gasteiger partial charge >= 0.3 is 0 Å². The number of hydrogen-bond acceptors (Lipinski definition) is 5. The minimum atomic E-state index is -0.257. The molecule has 0 atom stereocenters. The molecule has 3 rings (SSSR count). The molecule has 3 aromatic rings. The number of amides is 1. The highest BCUT2D eigenvalue weighted by Crippen LogP contribution is 2.33. The Morgan fingerprint density at radius 2 is 1.92 bits per heavy atom. The van der Waals surface area contributed by atoms with Crippen molar-refractivity contribution in [2.24, 2.45) is 0 Å². The van der Waals surface area contributed by atoms with Crippen molar-refractivity contribution in [2.75, 3.05) is 11.1 Å². The van der Waals surface area contributed by atoms with E-state index in [0.29, 0.717) is 33.3 Å². The lowest BCUT2D eigenvalue weighted by Gasteiger charge is -2.10. The summed E-state index contributed by atoms with van der Waals surface area (Å²) < 4.78 is 5.56. The minimum absolute atomic E-state index is 0.105. The summed E-state index contributed by atoms with van der Waals surface area (Å²) in [5.41, 5.74) is 2.32. The Morgan fingerprint density at radius 3 is 2.69 bits per heavy atom. The predicted molar refractivity (Wildman–Crippen MR) is 104 cm³/mol. The van der Waals surface area contributed by atoms with E-state index in [2.05, 4.69) is 15.5 Å². The zero-order valence-electron chi connectivity index (χ0n) is 13.8. The van der Waals surface area contributed by atoms with Crippen LogP contribution >= 0.6 is 35.0 Å². The Labute approximate surface area is 165 Å². The number of anilines is 1. The van der Waals surface area contributed by atoms with E-state index in [1.165, 1.54) is 0 Å². The van der Waals surface area contributed by atoms with Gasteiger partial charge in [0.25, 0.3) is 5.22 Å². The second-order valence-electron chi connectivity index (χ2n) is 5.51. The molecule has 0 aliphatic rings. The van der Waals surface area contributed by atoms with Gasteiger partial charge in [-0.2, -0.15) is 0 Å². The van der Waals surface area contributed by atoms with Crippen molar-refractivity contribution >= 4 is 46.6 Å². The summed E-state index contributed by atoms with van der Waals surface area (Å²) in [5, 5.41) is 11.8. The average molecular weight is 408 g/mol. The monoisotopic (exact) mass is 407 g/mol. The molecule has 0 saturated heterocycles. The second-order valence-corrected chi connectivity index (χ2v) is 7.23. The van der Waals surface area contributed by atoms with Crippen LogP contribution in [0.25, 0.3) is 0 Å². The first kappa shape index (κ1) is 18.8. The molecule has 0 aliphatic heterocycles. The zero-order valence-corrected chi connectivity index (χ0v) is 16.2. The van der Waals surface area contributed by atoms with Crippen LogP contribution in [0.2, 0.25) is 10.0 Å². The van der Waals surface area contributed by atoms with Crippen LogP contribution in [0.4, 0.5) is 5.69 Å². The summed E-state index contributed by atoms with van der Waals surface area (Å²) in [7, 11) is 0. The van der Waals surface area contributed by atoms with Crippen LogP contribution in [-0.4, -0.2) is 21.9 Å². The van der Waals surface area contributed by atoms with Crippen LogP contribution < -0.4 is 5.32 Å². The van der Waals surface area contributed by atoms with E-state index in [0.717, 1.165) is 22.9 Å². The molecule has 8 heteroatoms. The molecule has 5 nitrogen and oxygen atoms in total. The fourth-order valence-electron chi connectivity index (χ4n) is 2.21. The number of carbonyl (C=O) groups is 1. The number of rotatable bonds is 6.